The van der Waals surface area contributed by atoms with Gasteiger partial charge in [0.05, 0.1) is 37.5 Å². The van der Waals surface area contributed by atoms with Crippen LogP contribution in [-0.2, 0) is 10.1 Å². The molecule has 0 aliphatic carbocycles. The van der Waals surface area contributed by atoms with Crippen molar-refractivity contribution >= 4 is 66.4 Å². The van der Waals surface area contributed by atoms with E-state index >= 15 is 0 Å². The van der Waals surface area contributed by atoms with E-state index < -0.39 is 63.1 Å². The van der Waals surface area contributed by atoms with E-state index in [1.165, 1.54) is 24.3 Å². The standard InChI is InChI=1S/C22H14N8O11S/c31-27(32)12-5-7-16(19(9-12)29(35)36)23-25-18-11-21(42(39,40)41)14-3-1-2-4-15(14)22(18)26-24-17-8-6-13(28(33)34)10-20(17)30(37)38/h1-11,23,25H,(H,39,40,41). The fourth-order valence-electron chi connectivity index (χ4n) is 3.73. The van der Waals surface area contributed by atoms with Crippen molar-refractivity contribution in [3.8, 4) is 0 Å². The number of hydrazine groups is 1. The molecule has 0 aliphatic rings. The van der Waals surface area contributed by atoms with Crippen LogP contribution in [0.15, 0.2) is 81.9 Å². The number of non-ortho nitro benzene ring substituents is 2. The van der Waals surface area contributed by atoms with Crippen LogP contribution in [0.5, 0.6) is 0 Å². The number of nitrogens with zero attached hydrogens (tertiary/aromatic N) is 6. The van der Waals surface area contributed by atoms with Gasteiger partial charge in [-0.05, 0) is 18.2 Å². The normalized spacial score (nSPS) is 11.4. The summed E-state index contributed by atoms with van der Waals surface area (Å²) in [6, 6.07) is 11.8. The van der Waals surface area contributed by atoms with Gasteiger partial charge in [-0.25, -0.2) is 0 Å². The third-order valence-electron chi connectivity index (χ3n) is 5.60. The van der Waals surface area contributed by atoms with Gasteiger partial charge in [-0.3, -0.25) is 55.9 Å². The molecular formula is C22H14N8O11S. The van der Waals surface area contributed by atoms with Gasteiger partial charge in [0.1, 0.15) is 16.3 Å². The molecule has 4 rings (SSSR count). The van der Waals surface area contributed by atoms with Crippen LogP contribution in [0.25, 0.3) is 10.8 Å². The van der Waals surface area contributed by atoms with Gasteiger partial charge >= 0.3 is 11.4 Å². The van der Waals surface area contributed by atoms with E-state index in [-0.39, 0.29) is 27.8 Å². The molecule has 0 saturated carbocycles. The first-order valence-corrected chi connectivity index (χ1v) is 12.5. The van der Waals surface area contributed by atoms with Gasteiger partial charge in [0.15, 0.2) is 5.69 Å². The second-order valence-electron chi connectivity index (χ2n) is 8.14. The number of nitrogens with one attached hydrogen (secondary N) is 2. The molecule has 0 amide bonds. The predicted molar refractivity (Wildman–Crippen MR) is 145 cm³/mol. The van der Waals surface area contributed by atoms with E-state index in [1.54, 1.807) is 0 Å². The minimum Gasteiger partial charge on any atom is -0.298 e. The average molecular weight is 598 g/mol. The highest BCUT2D eigenvalue weighted by atomic mass is 32.2. The van der Waals surface area contributed by atoms with Gasteiger partial charge in [0.25, 0.3) is 21.5 Å². The summed E-state index contributed by atoms with van der Waals surface area (Å²) in [6.07, 6.45) is 0. The summed E-state index contributed by atoms with van der Waals surface area (Å²) in [5, 5.41) is 53.0. The first kappa shape index (κ1) is 28.8. The lowest BCUT2D eigenvalue weighted by atomic mass is 10.1. The van der Waals surface area contributed by atoms with Crippen molar-refractivity contribution in [1.29, 1.82) is 0 Å². The lowest BCUT2D eigenvalue weighted by molar-refractivity contribution is -0.393. The minimum atomic E-state index is -4.86. The van der Waals surface area contributed by atoms with Crippen molar-refractivity contribution < 1.29 is 32.7 Å². The SMILES string of the molecule is O=[N+]([O-])c1ccc(N=Nc2c(NNc3ccc([N+](=O)[O-])cc3[N+](=O)[O-])cc(S(=O)(=O)O)c3ccccc23)c([N+](=O)[O-])c1. The van der Waals surface area contributed by atoms with Gasteiger partial charge in [0.2, 0.25) is 0 Å². The molecule has 0 fully saturated rings. The number of azo groups is 1. The number of nitro groups is 4. The fraction of sp³-hybridized carbons (Fsp3) is 0. The van der Waals surface area contributed by atoms with Crippen molar-refractivity contribution in [2.24, 2.45) is 10.2 Å². The highest BCUT2D eigenvalue weighted by Crippen LogP contribution is 2.41. The van der Waals surface area contributed by atoms with E-state index in [2.05, 4.69) is 21.1 Å². The molecule has 20 heteroatoms. The Bertz CT molecular complexity index is 1950. The van der Waals surface area contributed by atoms with E-state index in [4.69, 9.17) is 0 Å². The zero-order chi connectivity index (χ0) is 30.8. The Hall–Kier alpha value is -6.15. The summed E-state index contributed by atoms with van der Waals surface area (Å²) < 4.78 is 34.2. The minimum absolute atomic E-state index is 0.0426. The second-order valence-corrected chi connectivity index (χ2v) is 9.53. The fourth-order valence-corrected chi connectivity index (χ4v) is 4.45. The van der Waals surface area contributed by atoms with Gasteiger partial charge < -0.3 is 0 Å². The Labute approximate surface area is 232 Å². The van der Waals surface area contributed by atoms with Crippen molar-refractivity contribution in [3.05, 3.63) is 107 Å². The third kappa shape index (κ3) is 5.88. The number of hydrogen-bond acceptors (Lipinski definition) is 14. The Balaban J connectivity index is 1.89. The molecule has 19 nitrogen and oxygen atoms in total. The average Bonchev–Trinajstić information content (AvgIpc) is 2.93. The highest BCUT2D eigenvalue weighted by Gasteiger charge is 2.24. The summed E-state index contributed by atoms with van der Waals surface area (Å²) in [5.74, 6) is 0. The number of fused-ring (bicyclic) bond motifs is 1. The van der Waals surface area contributed by atoms with E-state index in [9.17, 15) is 53.4 Å². The Morgan fingerprint density at radius 2 is 1.19 bits per heavy atom. The summed E-state index contributed by atoms with van der Waals surface area (Å²) in [4.78, 5) is 41.0. The summed E-state index contributed by atoms with van der Waals surface area (Å²) in [5.41, 5.74) is 1.15. The van der Waals surface area contributed by atoms with Crippen molar-refractivity contribution in [2.75, 3.05) is 10.9 Å². The topological polar surface area (TPSA) is 276 Å². The predicted octanol–water partition coefficient (Wildman–Crippen LogP) is 5.57. The van der Waals surface area contributed by atoms with Crippen LogP contribution in [0.2, 0.25) is 0 Å². The molecule has 214 valence electrons. The molecule has 0 bridgehead atoms. The van der Waals surface area contributed by atoms with Crippen molar-refractivity contribution in [2.45, 2.75) is 4.90 Å². The van der Waals surface area contributed by atoms with Crippen LogP contribution in [0, 0.1) is 40.5 Å². The lowest BCUT2D eigenvalue weighted by Crippen LogP contribution is -2.12. The molecule has 0 aromatic heterocycles. The summed E-state index contributed by atoms with van der Waals surface area (Å²) >= 11 is 0. The van der Waals surface area contributed by atoms with Crippen LogP contribution in [0.3, 0.4) is 0 Å². The van der Waals surface area contributed by atoms with Crippen LogP contribution in [0.4, 0.5) is 45.5 Å². The Morgan fingerprint density at radius 3 is 1.76 bits per heavy atom. The number of hydrogen-bond donors (Lipinski definition) is 3. The number of anilines is 2. The van der Waals surface area contributed by atoms with E-state index in [0.717, 1.165) is 30.3 Å². The third-order valence-corrected chi connectivity index (χ3v) is 6.49. The molecule has 0 radical (unpaired) electrons. The monoisotopic (exact) mass is 598 g/mol. The maximum Gasteiger partial charge on any atom is 0.303 e. The van der Waals surface area contributed by atoms with Gasteiger partial charge in [-0.1, -0.05) is 24.3 Å². The van der Waals surface area contributed by atoms with Crippen molar-refractivity contribution in [3.63, 3.8) is 0 Å². The molecule has 0 heterocycles. The van der Waals surface area contributed by atoms with Crippen LogP contribution in [-0.4, -0.2) is 32.7 Å². The number of nitro benzene ring substituents is 4. The molecule has 0 atom stereocenters. The van der Waals surface area contributed by atoms with Gasteiger partial charge in [0, 0.05) is 22.9 Å². The van der Waals surface area contributed by atoms with Crippen LogP contribution in [0.1, 0.15) is 0 Å². The second kappa shape index (κ2) is 11.1. The number of benzene rings is 4. The molecule has 4 aromatic rings. The van der Waals surface area contributed by atoms with E-state index in [1.807, 2.05) is 0 Å². The first-order chi connectivity index (χ1) is 19.8. The molecule has 4 aromatic carbocycles. The molecular weight excluding hydrogens is 584 g/mol. The quantitative estimate of drug-likeness (QED) is 0.0871. The zero-order valence-corrected chi connectivity index (χ0v) is 21.3. The Morgan fingerprint density at radius 1 is 0.643 bits per heavy atom. The molecule has 0 spiro atoms. The molecule has 42 heavy (non-hydrogen) atoms. The molecule has 3 N–H and O–H groups in total. The summed E-state index contributed by atoms with van der Waals surface area (Å²) in [6.45, 7) is 0. The maximum atomic E-state index is 12.2. The van der Waals surface area contributed by atoms with E-state index in [0.29, 0.717) is 12.1 Å². The largest absolute Gasteiger partial charge is 0.303 e. The molecule has 0 saturated heterocycles. The Kier molecular flexibility index (Phi) is 7.66. The van der Waals surface area contributed by atoms with Gasteiger partial charge in [-0.2, -0.15) is 8.42 Å². The summed E-state index contributed by atoms with van der Waals surface area (Å²) in [7, 11) is -4.86. The van der Waals surface area contributed by atoms with Crippen LogP contribution >= 0.6 is 0 Å². The smallest absolute Gasteiger partial charge is 0.298 e. The molecule has 0 unspecified atom stereocenters. The first-order valence-electron chi connectivity index (χ1n) is 11.1. The molecule has 0 aliphatic heterocycles. The maximum absolute atomic E-state index is 12.2. The lowest BCUT2D eigenvalue weighted by Gasteiger charge is -2.15. The number of rotatable bonds is 10. The zero-order valence-electron chi connectivity index (χ0n) is 20.5. The van der Waals surface area contributed by atoms with Crippen LogP contribution < -0.4 is 10.9 Å². The van der Waals surface area contributed by atoms with Gasteiger partial charge in [-0.15, -0.1) is 10.2 Å². The van der Waals surface area contributed by atoms with Crippen molar-refractivity contribution in [1.82, 2.24) is 0 Å². The highest BCUT2D eigenvalue weighted by molar-refractivity contribution is 7.86.